The normalized spacial score (nSPS) is 10.8. The standard InChI is InChI=1S/C13H14Br2N2/c1-3-4-8-7-11(16-2)12-9(14)5-6-10(15)13(12)17-8/h5-7H,3-4H2,1-2H3,(H,16,17). The molecule has 1 N–H and O–H groups in total. The third kappa shape index (κ3) is 2.47. The lowest BCUT2D eigenvalue weighted by molar-refractivity contribution is 0.890. The van der Waals surface area contributed by atoms with Gasteiger partial charge in [0.1, 0.15) is 0 Å². The first-order chi connectivity index (χ1) is 8.17. The molecule has 1 aromatic carbocycles. The first-order valence-electron chi connectivity index (χ1n) is 5.62. The first-order valence-corrected chi connectivity index (χ1v) is 7.21. The quantitative estimate of drug-likeness (QED) is 0.856. The molecule has 0 fully saturated rings. The van der Waals surface area contributed by atoms with Crippen molar-refractivity contribution in [3.05, 3.63) is 32.8 Å². The number of anilines is 1. The number of aryl methyl sites for hydroxylation is 1. The van der Waals surface area contributed by atoms with Crippen LogP contribution in [0.4, 0.5) is 5.69 Å². The molecule has 4 heteroatoms. The summed E-state index contributed by atoms with van der Waals surface area (Å²) in [5.74, 6) is 0. The van der Waals surface area contributed by atoms with Gasteiger partial charge in [-0.25, -0.2) is 0 Å². The van der Waals surface area contributed by atoms with E-state index < -0.39 is 0 Å². The Bertz CT molecular complexity index is 553. The van der Waals surface area contributed by atoms with Crippen LogP contribution in [0.15, 0.2) is 27.1 Å². The van der Waals surface area contributed by atoms with Gasteiger partial charge in [-0.05, 0) is 40.5 Å². The molecule has 0 radical (unpaired) electrons. The highest BCUT2D eigenvalue weighted by Gasteiger charge is 2.10. The zero-order chi connectivity index (χ0) is 12.4. The van der Waals surface area contributed by atoms with Crippen molar-refractivity contribution in [1.82, 2.24) is 4.98 Å². The molecule has 0 bridgehead atoms. The number of benzene rings is 1. The van der Waals surface area contributed by atoms with Crippen LogP contribution in [0.25, 0.3) is 10.9 Å². The van der Waals surface area contributed by atoms with Crippen molar-refractivity contribution < 1.29 is 0 Å². The number of pyridine rings is 1. The van der Waals surface area contributed by atoms with Gasteiger partial charge in [-0.3, -0.25) is 4.98 Å². The molecule has 0 amide bonds. The van der Waals surface area contributed by atoms with Crippen LogP contribution in [-0.2, 0) is 6.42 Å². The Labute approximate surface area is 118 Å². The van der Waals surface area contributed by atoms with Crippen LogP contribution in [0.1, 0.15) is 19.0 Å². The van der Waals surface area contributed by atoms with Gasteiger partial charge in [0.15, 0.2) is 0 Å². The Morgan fingerprint density at radius 1 is 1.24 bits per heavy atom. The Morgan fingerprint density at radius 2 is 1.94 bits per heavy atom. The van der Waals surface area contributed by atoms with Crippen LogP contribution in [0.5, 0.6) is 0 Å². The zero-order valence-corrected chi connectivity index (χ0v) is 13.0. The highest BCUT2D eigenvalue weighted by Crippen LogP contribution is 2.34. The maximum absolute atomic E-state index is 4.72. The van der Waals surface area contributed by atoms with Crippen molar-refractivity contribution in [2.45, 2.75) is 19.8 Å². The largest absolute Gasteiger partial charge is 0.387 e. The number of aromatic nitrogens is 1. The highest BCUT2D eigenvalue weighted by molar-refractivity contribution is 9.11. The monoisotopic (exact) mass is 356 g/mol. The molecular formula is C13H14Br2N2. The van der Waals surface area contributed by atoms with Gasteiger partial charge in [-0.2, -0.15) is 0 Å². The van der Waals surface area contributed by atoms with E-state index in [4.69, 9.17) is 4.98 Å². The molecule has 1 heterocycles. The van der Waals surface area contributed by atoms with Crippen molar-refractivity contribution in [3.8, 4) is 0 Å². The predicted octanol–water partition coefficient (Wildman–Crippen LogP) is 4.75. The minimum Gasteiger partial charge on any atom is -0.387 e. The third-order valence-electron chi connectivity index (χ3n) is 2.69. The summed E-state index contributed by atoms with van der Waals surface area (Å²) < 4.78 is 2.10. The van der Waals surface area contributed by atoms with Gasteiger partial charge in [0.25, 0.3) is 0 Å². The number of fused-ring (bicyclic) bond motifs is 1. The summed E-state index contributed by atoms with van der Waals surface area (Å²) in [6.45, 7) is 2.17. The third-order valence-corrected chi connectivity index (χ3v) is 3.99. The predicted molar refractivity (Wildman–Crippen MR) is 80.7 cm³/mol. The van der Waals surface area contributed by atoms with Gasteiger partial charge >= 0.3 is 0 Å². The topological polar surface area (TPSA) is 24.9 Å². The summed E-state index contributed by atoms with van der Waals surface area (Å²) in [5, 5.41) is 4.37. The molecule has 2 rings (SSSR count). The van der Waals surface area contributed by atoms with Crippen LogP contribution in [0.2, 0.25) is 0 Å². The van der Waals surface area contributed by atoms with E-state index in [-0.39, 0.29) is 0 Å². The minimum atomic E-state index is 1.00. The number of hydrogen-bond acceptors (Lipinski definition) is 2. The summed E-state index contributed by atoms with van der Waals surface area (Å²) in [4.78, 5) is 4.72. The molecule has 0 saturated heterocycles. The van der Waals surface area contributed by atoms with Gasteiger partial charge < -0.3 is 5.32 Å². The molecule has 0 saturated carbocycles. The van der Waals surface area contributed by atoms with E-state index in [1.165, 1.54) is 0 Å². The van der Waals surface area contributed by atoms with E-state index in [2.05, 4.69) is 50.2 Å². The number of nitrogens with zero attached hydrogens (tertiary/aromatic N) is 1. The first kappa shape index (κ1) is 12.8. The Morgan fingerprint density at radius 3 is 2.59 bits per heavy atom. The fourth-order valence-corrected chi connectivity index (χ4v) is 2.86. The molecule has 0 unspecified atom stereocenters. The van der Waals surface area contributed by atoms with E-state index in [1.807, 2.05) is 19.2 Å². The molecule has 0 aliphatic carbocycles. The Hall–Kier alpha value is -0.610. The smallest absolute Gasteiger partial charge is 0.0879 e. The number of hydrogen-bond donors (Lipinski definition) is 1. The lowest BCUT2D eigenvalue weighted by Crippen LogP contribution is -1.97. The molecule has 1 aromatic heterocycles. The second-order valence-electron chi connectivity index (χ2n) is 3.91. The van der Waals surface area contributed by atoms with Crippen molar-refractivity contribution >= 4 is 48.5 Å². The molecule has 2 aromatic rings. The lowest BCUT2D eigenvalue weighted by Gasteiger charge is -2.11. The molecule has 0 atom stereocenters. The maximum atomic E-state index is 4.72. The summed E-state index contributed by atoms with van der Waals surface area (Å²) in [6.07, 6.45) is 2.11. The van der Waals surface area contributed by atoms with E-state index in [1.54, 1.807) is 0 Å². The second kappa shape index (κ2) is 5.36. The summed E-state index contributed by atoms with van der Waals surface area (Å²) in [7, 11) is 1.94. The van der Waals surface area contributed by atoms with Gasteiger partial charge in [0.05, 0.1) is 5.52 Å². The van der Waals surface area contributed by atoms with Crippen LogP contribution in [0, 0.1) is 0 Å². The van der Waals surface area contributed by atoms with E-state index >= 15 is 0 Å². The Kier molecular flexibility index (Phi) is 4.05. The summed E-state index contributed by atoms with van der Waals surface area (Å²) >= 11 is 7.15. The Balaban J connectivity index is 2.77. The van der Waals surface area contributed by atoms with Gasteiger partial charge in [-0.1, -0.05) is 29.3 Å². The van der Waals surface area contributed by atoms with Crippen LogP contribution in [-0.4, -0.2) is 12.0 Å². The van der Waals surface area contributed by atoms with Crippen molar-refractivity contribution in [2.24, 2.45) is 0 Å². The molecule has 90 valence electrons. The molecule has 0 aliphatic rings. The van der Waals surface area contributed by atoms with Crippen molar-refractivity contribution in [3.63, 3.8) is 0 Å². The SMILES string of the molecule is CCCc1cc(NC)c2c(Br)ccc(Br)c2n1. The number of halogens is 2. The highest BCUT2D eigenvalue weighted by atomic mass is 79.9. The van der Waals surface area contributed by atoms with Crippen LogP contribution in [0.3, 0.4) is 0 Å². The number of rotatable bonds is 3. The molecule has 0 aliphatic heterocycles. The average molecular weight is 358 g/mol. The molecule has 2 nitrogen and oxygen atoms in total. The second-order valence-corrected chi connectivity index (χ2v) is 5.62. The average Bonchev–Trinajstić information content (AvgIpc) is 2.33. The van der Waals surface area contributed by atoms with Crippen LogP contribution < -0.4 is 5.32 Å². The fraction of sp³-hybridized carbons (Fsp3) is 0.308. The zero-order valence-electron chi connectivity index (χ0n) is 9.85. The van der Waals surface area contributed by atoms with Crippen molar-refractivity contribution in [2.75, 3.05) is 12.4 Å². The summed E-state index contributed by atoms with van der Waals surface area (Å²) in [5.41, 5.74) is 3.25. The van der Waals surface area contributed by atoms with Gasteiger partial charge in [0.2, 0.25) is 0 Å². The lowest BCUT2D eigenvalue weighted by atomic mass is 10.1. The molecule has 0 spiro atoms. The van der Waals surface area contributed by atoms with Gasteiger partial charge in [0, 0.05) is 32.8 Å². The van der Waals surface area contributed by atoms with Gasteiger partial charge in [-0.15, -0.1) is 0 Å². The molecule has 17 heavy (non-hydrogen) atoms. The molecular weight excluding hydrogens is 344 g/mol. The number of nitrogens with one attached hydrogen (secondary N) is 1. The van der Waals surface area contributed by atoms with Crippen LogP contribution >= 0.6 is 31.9 Å². The van der Waals surface area contributed by atoms with Crippen molar-refractivity contribution in [1.29, 1.82) is 0 Å². The fourth-order valence-electron chi connectivity index (χ4n) is 1.90. The summed E-state index contributed by atoms with van der Waals surface area (Å²) in [6, 6.07) is 6.19. The van der Waals surface area contributed by atoms with E-state index in [0.29, 0.717) is 0 Å². The van der Waals surface area contributed by atoms with E-state index in [9.17, 15) is 0 Å². The maximum Gasteiger partial charge on any atom is 0.0879 e. The minimum absolute atomic E-state index is 1.00. The van der Waals surface area contributed by atoms with E-state index in [0.717, 1.165) is 44.1 Å².